The van der Waals surface area contributed by atoms with E-state index in [1.54, 1.807) is 0 Å². The molecule has 0 spiro atoms. The van der Waals surface area contributed by atoms with Crippen LogP contribution in [0.15, 0.2) is 6.07 Å². The third kappa shape index (κ3) is 3.12. The van der Waals surface area contributed by atoms with Crippen molar-refractivity contribution < 1.29 is 9.90 Å². The Morgan fingerprint density at radius 1 is 1.50 bits per heavy atom. The SMILES string of the molecule is CCCc1cc(C)nc(CC(=O)O)n1. The molecule has 1 aromatic heterocycles. The second-order valence-corrected chi connectivity index (χ2v) is 3.24. The first-order valence-electron chi connectivity index (χ1n) is 4.67. The maximum absolute atomic E-state index is 10.5. The van der Waals surface area contributed by atoms with E-state index >= 15 is 0 Å². The van der Waals surface area contributed by atoms with Crippen LogP contribution < -0.4 is 0 Å². The zero-order valence-corrected chi connectivity index (χ0v) is 8.45. The molecule has 0 aliphatic carbocycles. The monoisotopic (exact) mass is 194 g/mol. The van der Waals surface area contributed by atoms with Gasteiger partial charge in [-0.1, -0.05) is 13.3 Å². The lowest BCUT2D eigenvalue weighted by atomic mass is 10.2. The van der Waals surface area contributed by atoms with Gasteiger partial charge in [0.2, 0.25) is 0 Å². The summed E-state index contributed by atoms with van der Waals surface area (Å²) in [5, 5.41) is 8.60. The number of aliphatic carboxylic acids is 1. The van der Waals surface area contributed by atoms with Crippen LogP contribution in [0.3, 0.4) is 0 Å². The van der Waals surface area contributed by atoms with E-state index in [1.807, 2.05) is 13.0 Å². The topological polar surface area (TPSA) is 63.1 Å². The number of hydrogen-bond donors (Lipinski definition) is 1. The van der Waals surface area contributed by atoms with Crippen molar-refractivity contribution in [2.45, 2.75) is 33.1 Å². The summed E-state index contributed by atoms with van der Waals surface area (Å²) in [6, 6.07) is 1.90. The Balaban J connectivity index is 2.88. The minimum Gasteiger partial charge on any atom is -0.481 e. The van der Waals surface area contributed by atoms with E-state index in [0.717, 1.165) is 24.2 Å². The van der Waals surface area contributed by atoms with Crippen molar-refractivity contribution >= 4 is 5.97 Å². The molecule has 0 fully saturated rings. The lowest BCUT2D eigenvalue weighted by Gasteiger charge is -2.02. The molecule has 0 aromatic carbocycles. The Kier molecular flexibility index (Phi) is 3.56. The number of carbonyl (C=O) groups is 1. The summed E-state index contributed by atoms with van der Waals surface area (Å²) in [5.41, 5.74) is 1.76. The molecule has 0 unspecified atom stereocenters. The Labute approximate surface area is 83.0 Å². The number of nitrogens with zero attached hydrogens (tertiary/aromatic N) is 2. The van der Waals surface area contributed by atoms with Gasteiger partial charge in [-0.2, -0.15) is 0 Å². The highest BCUT2D eigenvalue weighted by molar-refractivity contribution is 5.68. The molecule has 76 valence electrons. The number of aryl methyl sites for hydroxylation is 2. The van der Waals surface area contributed by atoms with E-state index < -0.39 is 5.97 Å². The van der Waals surface area contributed by atoms with E-state index in [2.05, 4.69) is 16.9 Å². The Morgan fingerprint density at radius 3 is 2.79 bits per heavy atom. The van der Waals surface area contributed by atoms with Gasteiger partial charge in [0.05, 0.1) is 0 Å². The number of carboxylic acid groups (broad SMARTS) is 1. The standard InChI is InChI=1S/C10H14N2O2/c1-3-4-8-5-7(2)11-9(12-8)6-10(13)14/h5H,3-4,6H2,1-2H3,(H,13,14). The number of aromatic nitrogens is 2. The summed E-state index contributed by atoms with van der Waals surface area (Å²) in [6.45, 7) is 3.92. The van der Waals surface area contributed by atoms with Crippen LogP contribution in [0.25, 0.3) is 0 Å². The summed E-state index contributed by atoms with van der Waals surface area (Å²) in [7, 11) is 0. The first-order chi connectivity index (χ1) is 6.61. The van der Waals surface area contributed by atoms with E-state index in [-0.39, 0.29) is 6.42 Å². The number of carboxylic acids is 1. The van der Waals surface area contributed by atoms with Gasteiger partial charge >= 0.3 is 5.97 Å². The van der Waals surface area contributed by atoms with Crippen LogP contribution in [0.4, 0.5) is 0 Å². The van der Waals surface area contributed by atoms with Gasteiger partial charge < -0.3 is 5.11 Å². The van der Waals surface area contributed by atoms with Gasteiger partial charge in [-0.05, 0) is 19.4 Å². The molecule has 0 aliphatic rings. The Bertz CT molecular complexity index is 337. The van der Waals surface area contributed by atoms with Gasteiger partial charge in [0.15, 0.2) is 0 Å². The molecule has 1 rings (SSSR count). The van der Waals surface area contributed by atoms with Crippen molar-refractivity contribution in [1.29, 1.82) is 0 Å². The van der Waals surface area contributed by atoms with Crippen molar-refractivity contribution in [3.05, 3.63) is 23.3 Å². The first kappa shape index (κ1) is 10.6. The molecule has 14 heavy (non-hydrogen) atoms. The molecule has 0 atom stereocenters. The third-order valence-corrected chi connectivity index (χ3v) is 1.77. The molecule has 0 amide bonds. The highest BCUT2D eigenvalue weighted by atomic mass is 16.4. The molecule has 0 aliphatic heterocycles. The van der Waals surface area contributed by atoms with E-state index in [0.29, 0.717) is 5.82 Å². The minimum absolute atomic E-state index is 0.0988. The average Bonchev–Trinajstić information content (AvgIpc) is 2.01. The van der Waals surface area contributed by atoms with Crippen LogP contribution in [-0.4, -0.2) is 21.0 Å². The van der Waals surface area contributed by atoms with Gasteiger partial charge in [0.1, 0.15) is 12.2 Å². The average molecular weight is 194 g/mol. The molecule has 4 nitrogen and oxygen atoms in total. The zero-order valence-electron chi connectivity index (χ0n) is 8.45. The van der Waals surface area contributed by atoms with Crippen LogP contribution in [-0.2, 0) is 17.6 Å². The lowest BCUT2D eigenvalue weighted by molar-refractivity contribution is -0.136. The normalized spacial score (nSPS) is 10.1. The van der Waals surface area contributed by atoms with E-state index in [1.165, 1.54) is 0 Å². The predicted octanol–water partition coefficient (Wildman–Crippen LogP) is 1.36. The molecular weight excluding hydrogens is 180 g/mol. The van der Waals surface area contributed by atoms with E-state index in [9.17, 15) is 4.79 Å². The lowest BCUT2D eigenvalue weighted by Crippen LogP contribution is -2.07. The van der Waals surface area contributed by atoms with Crippen molar-refractivity contribution in [1.82, 2.24) is 9.97 Å². The maximum Gasteiger partial charge on any atom is 0.311 e. The summed E-state index contributed by atoms with van der Waals surface area (Å²) < 4.78 is 0. The second kappa shape index (κ2) is 4.69. The van der Waals surface area contributed by atoms with Crippen LogP contribution in [0, 0.1) is 6.92 Å². The highest BCUT2D eigenvalue weighted by Gasteiger charge is 2.05. The third-order valence-electron chi connectivity index (χ3n) is 1.77. The molecule has 0 radical (unpaired) electrons. The van der Waals surface area contributed by atoms with Crippen LogP contribution in [0.2, 0.25) is 0 Å². The van der Waals surface area contributed by atoms with Crippen LogP contribution in [0.1, 0.15) is 30.6 Å². The second-order valence-electron chi connectivity index (χ2n) is 3.24. The molecule has 1 aromatic rings. The number of rotatable bonds is 4. The molecule has 1 N–H and O–H groups in total. The van der Waals surface area contributed by atoms with Crippen LogP contribution >= 0.6 is 0 Å². The zero-order chi connectivity index (χ0) is 10.6. The summed E-state index contributed by atoms with van der Waals surface area (Å²) >= 11 is 0. The van der Waals surface area contributed by atoms with Gasteiger partial charge in [-0.3, -0.25) is 4.79 Å². The van der Waals surface area contributed by atoms with Crippen molar-refractivity contribution in [2.24, 2.45) is 0 Å². The summed E-state index contributed by atoms with van der Waals surface area (Å²) in [4.78, 5) is 18.7. The largest absolute Gasteiger partial charge is 0.481 e. The fourth-order valence-corrected chi connectivity index (χ4v) is 1.30. The quantitative estimate of drug-likeness (QED) is 0.786. The maximum atomic E-state index is 10.5. The van der Waals surface area contributed by atoms with Crippen LogP contribution in [0.5, 0.6) is 0 Å². The molecular formula is C10H14N2O2. The van der Waals surface area contributed by atoms with Crippen molar-refractivity contribution in [2.75, 3.05) is 0 Å². The molecule has 0 saturated heterocycles. The Morgan fingerprint density at radius 2 is 2.21 bits per heavy atom. The number of hydrogen-bond acceptors (Lipinski definition) is 3. The van der Waals surface area contributed by atoms with Gasteiger partial charge in [0, 0.05) is 11.4 Å². The first-order valence-corrected chi connectivity index (χ1v) is 4.67. The Hall–Kier alpha value is -1.45. The minimum atomic E-state index is -0.891. The fourth-order valence-electron chi connectivity index (χ4n) is 1.30. The molecule has 0 saturated carbocycles. The van der Waals surface area contributed by atoms with Crippen molar-refractivity contribution in [3.63, 3.8) is 0 Å². The highest BCUT2D eigenvalue weighted by Crippen LogP contribution is 2.04. The van der Waals surface area contributed by atoms with Gasteiger partial charge in [0.25, 0.3) is 0 Å². The van der Waals surface area contributed by atoms with Crippen molar-refractivity contribution in [3.8, 4) is 0 Å². The molecule has 1 heterocycles. The smallest absolute Gasteiger partial charge is 0.311 e. The summed E-state index contributed by atoms with van der Waals surface area (Å²) in [5.74, 6) is -0.487. The van der Waals surface area contributed by atoms with Gasteiger partial charge in [-0.25, -0.2) is 9.97 Å². The molecule has 4 heteroatoms. The van der Waals surface area contributed by atoms with Gasteiger partial charge in [-0.15, -0.1) is 0 Å². The van der Waals surface area contributed by atoms with E-state index in [4.69, 9.17) is 5.11 Å². The predicted molar refractivity (Wildman–Crippen MR) is 52.1 cm³/mol. The fraction of sp³-hybridized carbons (Fsp3) is 0.500. The summed E-state index contributed by atoms with van der Waals surface area (Å²) in [6.07, 6.45) is 1.78. The molecule has 0 bridgehead atoms.